The van der Waals surface area contributed by atoms with E-state index in [2.05, 4.69) is 11.4 Å². The first-order valence-electron chi connectivity index (χ1n) is 6.10. The molecule has 1 aromatic rings. The van der Waals surface area contributed by atoms with Crippen LogP contribution >= 0.6 is 0 Å². The number of nitrogens with zero attached hydrogens (tertiary/aromatic N) is 1. The second kappa shape index (κ2) is 4.42. The Morgan fingerprint density at radius 3 is 2.94 bits per heavy atom. The Hall–Kier alpha value is -1.88. The summed E-state index contributed by atoms with van der Waals surface area (Å²) in [4.78, 5) is 10.6. The van der Waals surface area contributed by atoms with Crippen LogP contribution in [0.3, 0.4) is 0 Å². The summed E-state index contributed by atoms with van der Waals surface area (Å²) in [5.41, 5.74) is 3.47. The molecule has 0 unspecified atom stereocenters. The van der Waals surface area contributed by atoms with Crippen molar-refractivity contribution in [3.8, 4) is 5.75 Å². The molecule has 1 N–H and O–H groups in total. The van der Waals surface area contributed by atoms with E-state index in [-0.39, 0.29) is 10.6 Å². The fourth-order valence-corrected chi connectivity index (χ4v) is 2.59. The Labute approximate surface area is 105 Å². The quantitative estimate of drug-likeness (QED) is 0.639. The lowest BCUT2D eigenvalue weighted by Gasteiger charge is -2.16. The van der Waals surface area contributed by atoms with Crippen LogP contribution in [0.2, 0.25) is 0 Å². The van der Waals surface area contributed by atoms with Crippen molar-refractivity contribution >= 4 is 11.3 Å². The second-order valence-electron chi connectivity index (χ2n) is 4.48. The maximum absolute atomic E-state index is 10.9. The van der Waals surface area contributed by atoms with Crippen molar-refractivity contribution in [3.63, 3.8) is 0 Å². The van der Waals surface area contributed by atoms with E-state index < -0.39 is 0 Å². The van der Waals surface area contributed by atoms with E-state index in [1.54, 1.807) is 6.07 Å². The normalized spacial score (nSPS) is 17.9. The van der Waals surface area contributed by atoms with Crippen LogP contribution in [0.25, 0.3) is 5.57 Å². The maximum Gasteiger partial charge on any atom is 0.311 e. The molecule has 5 nitrogen and oxygen atoms in total. The standard InChI is InChI=1S/C13H14N2O3/c16-15(17)12-2-1-10(9-3-6-14-7-4-9)11-5-8-18-13(11)12/h1-3,14H,4-8H2. The molecule has 0 bridgehead atoms. The highest BCUT2D eigenvalue weighted by Crippen LogP contribution is 2.40. The average Bonchev–Trinajstić information content (AvgIpc) is 2.87. The van der Waals surface area contributed by atoms with Gasteiger partial charge in [-0.1, -0.05) is 6.08 Å². The van der Waals surface area contributed by atoms with Crippen molar-refractivity contribution in [2.45, 2.75) is 12.8 Å². The van der Waals surface area contributed by atoms with Gasteiger partial charge in [-0.25, -0.2) is 0 Å². The molecule has 2 aliphatic rings. The SMILES string of the molecule is O=[N+]([O-])c1ccc(C2=CCNCC2)c2c1OCC2. The van der Waals surface area contributed by atoms with Gasteiger partial charge in [0.1, 0.15) is 0 Å². The Balaban J connectivity index is 2.10. The summed E-state index contributed by atoms with van der Waals surface area (Å²) in [7, 11) is 0. The Morgan fingerprint density at radius 2 is 2.22 bits per heavy atom. The topological polar surface area (TPSA) is 64.4 Å². The van der Waals surface area contributed by atoms with Gasteiger partial charge in [0.05, 0.1) is 11.5 Å². The van der Waals surface area contributed by atoms with Gasteiger partial charge in [-0.2, -0.15) is 0 Å². The highest BCUT2D eigenvalue weighted by atomic mass is 16.6. The first kappa shape index (κ1) is 11.2. The van der Waals surface area contributed by atoms with Crippen molar-refractivity contribution in [1.29, 1.82) is 0 Å². The molecule has 0 radical (unpaired) electrons. The summed E-state index contributed by atoms with van der Waals surface area (Å²) >= 11 is 0. The molecule has 5 heteroatoms. The minimum atomic E-state index is -0.370. The molecule has 2 heterocycles. The number of rotatable bonds is 2. The van der Waals surface area contributed by atoms with E-state index >= 15 is 0 Å². The van der Waals surface area contributed by atoms with Crippen LogP contribution < -0.4 is 10.1 Å². The van der Waals surface area contributed by atoms with Crippen LogP contribution in [0.5, 0.6) is 5.75 Å². The van der Waals surface area contributed by atoms with Gasteiger partial charge in [-0.15, -0.1) is 0 Å². The number of nitro benzene ring substituents is 1. The molecule has 3 rings (SSSR count). The van der Waals surface area contributed by atoms with Gasteiger partial charge < -0.3 is 10.1 Å². The van der Waals surface area contributed by atoms with Crippen LogP contribution in [0.4, 0.5) is 5.69 Å². The maximum atomic E-state index is 10.9. The van der Waals surface area contributed by atoms with E-state index in [4.69, 9.17) is 4.74 Å². The number of hydrogen-bond acceptors (Lipinski definition) is 4. The van der Waals surface area contributed by atoms with Crippen LogP contribution in [-0.2, 0) is 6.42 Å². The zero-order valence-electron chi connectivity index (χ0n) is 9.94. The first-order chi connectivity index (χ1) is 8.77. The first-order valence-corrected chi connectivity index (χ1v) is 6.10. The third-order valence-electron chi connectivity index (χ3n) is 3.44. The molecular formula is C13H14N2O3. The van der Waals surface area contributed by atoms with Gasteiger partial charge in [-0.3, -0.25) is 10.1 Å². The Morgan fingerprint density at radius 1 is 1.33 bits per heavy atom. The fraction of sp³-hybridized carbons (Fsp3) is 0.385. The largest absolute Gasteiger partial charge is 0.486 e. The van der Waals surface area contributed by atoms with Gasteiger partial charge in [0.15, 0.2) is 0 Å². The lowest BCUT2D eigenvalue weighted by Crippen LogP contribution is -2.20. The molecule has 94 valence electrons. The number of hydrogen-bond donors (Lipinski definition) is 1. The molecule has 0 aromatic heterocycles. The minimum absolute atomic E-state index is 0.0841. The lowest BCUT2D eigenvalue weighted by atomic mass is 9.93. The number of nitrogens with one attached hydrogen (secondary N) is 1. The van der Waals surface area contributed by atoms with Crippen molar-refractivity contribution in [1.82, 2.24) is 5.32 Å². The Bertz CT molecular complexity index is 537. The molecule has 0 spiro atoms. The minimum Gasteiger partial charge on any atom is -0.486 e. The van der Waals surface area contributed by atoms with Crippen LogP contribution in [-0.4, -0.2) is 24.6 Å². The van der Waals surface area contributed by atoms with E-state index in [9.17, 15) is 10.1 Å². The predicted octanol–water partition coefficient (Wildman–Crippen LogP) is 1.91. The van der Waals surface area contributed by atoms with Gasteiger partial charge in [0, 0.05) is 24.6 Å². The molecule has 18 heavy (non-hydrogen) atoms. The molecule has 0 atom stereocenters. The van der Waals surface area contributed by atoms with Gasteiger partial charge in [-0.05, 0) is 30.2 Å². The summed E-state index contributed by atoms with van der Waals surface area (Å²) in [5.74, 6) is 0.469. The highest BCUT2D eigenvalue weighted by Gasteiger charge is 2.27. The fourth-order valence-electron chi connectivity index (χ4n) is 2.59. The van der Waals surface area contributed by atoms with Crippen molar-refractivity contribution < 1.29 is 9.66 Å². The van der Waals surface area contributed by atoms with Gasteiger partial charge in [0.2, 0.25) is 5.75 Å². The van der Waals surface area contributed by atoms with E-state index in [0.717, 1.165) is 37.1 Å². The van der Waals surface area contributed by atoms with Crippen LogP contribution in [0, 0.1) is 10.1 Å². The van der Waals surface area contributed by atoms with E-state index in [0.29, 0.717) is 12.4 Å². The molecule has 2 aliphatic heterocycles. The molecule has 0 amide bonds. The molecular weight excluding hydrogens is 232 g/mol. The zero-order chi connectivity index (χ0) is 12.5. The van der Waals surface area contributed by atoms with Gasteiger partial charge in [0.25, 0.3) is 0 Å². The van der Waals surface area contributed by atoms with Crippen LogP contribution in [0.15, 0.2) is 18.2 Å². The lowest BCUT2D eigenvalue weighted by molar-refractivity contribution is -0.385. The Kier molecular flexibility index (Phi) is 2.76. The predicted molar refractivity (Wildman–Crippen MR) is 67.8 cm³/mol. The van der Waals surface area contributed by atoms with Crippen molar-refractivity contribution in [3.05, 3.63) is 39.4 Å². The molecule has 0 fully saturated rings. The molecule has 0 saturated heterocycles. The van der Waals surface area contributed by atoms with Crippen molar-refractivity contribution in [2.75, 3.05) is 19.7 Å². The summed E-state index contributed by atoms with van der Waals surface area (Å²) in [6.45, 7) is 2.36. The second-order valence-corrected chi connectivity index (χ2v) is 4.48. The zero-order valence-corrected chi connectivity index (χ0v) is 9.94. The van der Waals surface area contributed by atoms with Crippen LogP contribution in [0.1, 0.15) is 17.5 Å². The number of benzene rings is 1. The smallest absolute Gasteiger partial charge is 0.311 e. The number of ether oxygens (including phenoxy) is 1. The summed E-state index contributed by atoms with van der Waals surface area (Å²) in [6.07, 6.45) is 3.88. The summed E-state index contributed by atoms with van der Waals surface area (Å²) in [5, 5.41) is 14.2. The number of nitro groups is 1. The third-order valence-corrected chi connectivity index (χ3v) is 3.44. The molecule has 1 aromatic carbocycles. The average molecular weight is 246 g/mol. The highest BCUT2D eigenvalue weighted by molar-refractivity contribution is 5.74. The molecule has 0 aliphatic carbocycles. The third kappa shape index (κ3) is 1.76. The number of fused-ring (bicyclic) bond motifs is 1. The molecule has 0 saturated carbocycles. The van der Waals surface area contributed by atoms with E-state index in [1.807, 2.05) is 6.07 Å². The monoisotopic (exact) mass is 246 g/mol. The van der Waals surface area contributed by atoms with Gasteiger partial charge >= 0.3 is 5.69 Å². The summed E-state index contributed by atoms with van der Waals surface area (Å²) < 4.78 is 5.44. The van der Waals surface area contributed by atoms with E-state index in [1.165, 1.54) is 5.57 Å². The van der Waals surface area contributed by atoms with Crippen molar-refractivity contribution in [2.24, 2.45) is 0 Å². The summed E-state index contributed by atoms with van der Waals surface area (Å²) in [6, 6.07) is 3.42.